The van der Waals surface area contributed by atoms with Crippen LogP contribution in [0.4, 0.5) is 4.39 Å². The van der Waals surface area contributed by atoms with Crippen molar-refractivity contribution in [3.05, 3.63) is 36.1 Å². The van der Waals surface area contributed by atoms with E-state index in [0.29, 0.717) is 17.2 Å². The summed E-state index contributed by atoms with van der Waals surface area (Å²) < 4.78 is 23.5. The van der Waals surface area contributed by atoms with E-state index in [4.69, 9.17) is 9.15 Å². The van der Waals surface area contributed by atoms with Gasteiger partial charge in [-0.3, -0.25) is 0 Å². The number of methoxy groups -OCH3 is 1. The molecule has 0 amide bonds. The quantitative estimate of drug-likeness (QED) is 0.759. The number of nitrogens with zero attached hydrogens (tertiary/aromatic N) is 1. The molecular formula is C11H10FNO2. The van der Waals surface area contributed by atoms with Crippen LogP contribution >= 0.6 is 0 Å². The predicted molar refractivity (Wildman–Crippen MR) is 53.2 cm³/mol. The van der Waals surface area contributed by atoms with Crippen molar-refractivity contribution < 1.29 is 13.5 Å². The monoisotopic (exact) mass is 207 g/mol. The summed E-state index contributed by atoms with van der Waals surface area (Å²) in [6, 6.07) is 4.64. The number of hydrogen-bond donors (Lipinski definition) is 0. The minimum absolute atomic E-state index is 0.218. The van der Waals surface area contributed by atoms with Crippen LogP contribution in [0.3, 0.4) is 0 Å². The third-order valence-electron chi connectivity index (χ3n) is 2.06. The van der Waals surface area contributed by atoms with E-state index in [2.05, 4.69) is 4.98 Å². The summed E-state index contributed by atoms with van der Waals surface area (Å²) in [4.78, 5) is 3.94. The Morgan fingerprint density at radius 2 is 2.20 bits per heavy atom. The molecule has 2 aromatic rings. The van der Waals surface area contributed by atoms with Crippen molar-refractivity contribution in [1.82, 2.24) is 4.98 Å². The number of aryl methyl sites for hydroxylation is 1. The van der Waals surface area contributed by atoms with Crippen molar-refractivity contribution in [1.29, 1.82) is 0 Å². The maximum Gasteiger partial charge on any atom is 0.191 e. The summed E-state index contributed by atoms with van der Waals surface area (Å²) in [6.07, 6.45) is 1.57. The molecule has 0 saturated carbocycles. The van der Waals surface area contributed by atoms with Crippen molar-refractivity contribution >= 4 is 0 Å². The predicted octanol–water partition coefficient (Wildman–Crippen LogP) is 2.80. The Bertz CT molecular complexity index is 479. The largest absolute Gasteiger partial charge is 0.494 e. The molecule has 1 aromatic heterocycles. The Morgan fingerprint density at radius 3 is 2.73 bits per heavy atom. The molecule has 0 spiro atoms. The highest BCUT2D eigenvalue weighted by Gasteiger charge is 2.08. The fraction of sp³-hybridized carbons (Fsp3) is 0.182. The molecule has 2 rings (SSSR count). The number of halogens is 1. The van der Waals surface area contributed by atoms with Crippen LogP contribution in [-0.2, 0) is 0 Å². The van der Waals surface area contributed by atoms with E-state index in [9.17, 15) is 4.39 Å². The van der Waals surface area contributed by atoms with Gasteiger partial charge in [-0.25, -0.2) is 9.37 Å². The maximum atomic E-state index is 13.4. The van der Waals surface area contributed by atoms with Crippen molar-refractivity contribution in [3.8, 4) is 17.1 Å². The van der Waals surface area contributed by atoms with Gasteiger partial charge in [0.1, 0.15) is 0 Å². The zero-order valence-corrected chi connectivity index (χ0v) is 8.45. The summed E-state index contributed by atoms with van der Waals surface area (Å²) in [5.74, 6) is 0.911. The minimum Gasteiger partial charge on any atom is -0.494 e. The van der Waals surface area contributed by atoms with Crippen molar-refractivity contribution in [2.75, 3.05) is 7.11 Å². The van der Waals surface area contributed by atoms with Crippen LogP contribution < -0.4 is 4.74 Å². The highest BCUT2D eigenvalue weighted by atomic mass is 19.1. The summed E-state index contributed by atoms with van der Waals surface area (Å²) in [7, 11) is 1.43. The van der Waals surface area contributed by atoms with Gasteiger partial charge in [0.15, 0.2) is 23.2 Å². The van der Waals surface area contributed by atoms with Gasteiger partial charge in [0.25, 0.3) is 0 Å². The zero-order valence-electron chi connectivity index (χ0n) is 8.45. The molecule has 0 bridgehead atoms. The van der Waals surface area contributed by atoms with Crippen LogP contribution in [0.5, 0.6) is 5.75 Å². The number of hydrogen-bond acceptors (Lipinski definition) is 3. The van der Waals surface area contributed by atoms with Crippen LogP contribution in [0.1, 0.15) is 5.89 Å². The highest BCUT2D eigenvalue weighted by molar-refractivity contribution is 5.57. The van der Waals surface area contributed by atoms with Gasteiger partial charge < -0.3 is 9.15 Å². The first-order chi connectivity index (χ1) is 7.20. The van der Waals surface area contributed by atoms with Gasteiger partial charge in [-0.15, -0.1) is 0 Å². The van der Waals surface area contributed by atoms with Crippen molar-refractivity contribution in [2.24, 2.45) is 0 Å². The lowest BCUT2D eigenvalue weighted by Gasteiger charge is -2.02. The van der Waals surface area contributed by atoms with Crippen LogP contribution in [0, 0.1) is 12.7 Å². The van der Waals surface area contributed by atoms with Gasteiger partial charge in [0.05, 0.1) is 13.3 Å². The highest BCUT2D eigenvalue weighted by Crippen LogP contribution is 2.25. The van der Waals surface area contributed by atoms with E-state index >= 15 is 0 Å². The average Bonchev–Trinajstić information content (AvgIpc) is 2.65. The molecular weight excluding hydrogens is 197 g/mol. The molecule has 0 radical (unpaired) electrons. The van der Waals surface area contributed by atoms with Crippen molar-refractivity contribution in [3.63, 3.8) is 0 Å². The van der Waals surface area contributed by atoms with Gasteiger partial charge in [-0.1, -0.05) is 0 Å². The number of ether oxygens (including phenoxy) is 1. The van der Waals surface area contributed by atoms with E-state index in [-0.39, 0.29) is 5.75 Å². The van der Waals surface area contributed by atoms with Gasteiger partial charge >= 0.3 is 0 Å². The molecule has 0 N–H and O–H groups in total. The summed E-state index contributed by atoms with van der Waals surface area (Å²) in [5, 5.41) is 0. The third-order valence-corrected chi connectivity index (χ3v) is 2.06. The lowest BCUT2D eigenvalue weighted by Crippen LogP contribution is -1.87. The Morgan fingerprint density at radius 1 is 1.40 bits per heavy atom. The summed E-state index contributed by atoms with van der Waals surface area (Å²) in [5.41, 5.74) is 0.647. The molecule has 78 valence electrons. The average molecular weight is 207 g/mol. The topological polar surface area (TPSA) is 35.3 Å². The second kappa shape index (κ2) is 3.73. The SMILES string of the molecule is COc1ccc(-c2cnc(C)o2)cc1F. The molecule has 0 saturated heterocycles. The Labute approximate surface area is 86.5 Å². The molecule has 15 heavy (non-hydrogen) atoms. The summed E-state index contributed by atoms with van der Waals surface area (Å²) >= 11 is 0. The van der Waals surface area contributed by atoms with Gasteiger partial charge in [-0.05, 0) is 18.2 Å². The number of oxazole rings is 1. The maximum absolute atomic E-state index is 13.4. The van der Waals surface area contributed by atoms with Gasteiger partial charge in [0, 0.05) is 12.5 Å². The first-order valence-electron chi connectivity index (χ1n) is 4.47. The molecule has 0 unspecified atom stereocenters. The Kier molecular flexibility index (Phi) is 2.41. The second-order valence-corrected chi connectivity index (χ2v) is 3.09. The van der Waals surface area contributed by atoms with Crippen LogP contribution in [0.2, 0.25) is 0 Å². The minimum atomic E-state index is -0.413. The molecule has 1 heterocycles. The van der Waals surface area contributed by atoms with Crippen LogP contribution in [0.25, 0.3) is 11.3 Å². The molecule has 0 fully saturated rings. The summed E-state index contributed by atoms with van der Waals surface area (Å²) in [6.45, 7) is 1.74. The van der Waals surface area contributed by atoms with E-state index in [1.807, 2.05) is 0 Å². The molecule has 3 nitrogen and oxygen atoms in total. The first kappa shape index (κ1) is 9.71. The first-order valence-corrected chi connectivity index (χ1v) is 4.47. The fourth-order valence-electron chi connectivity index (χ4n) is 1.31. The second-order valence-electron chi connectivity index (χ2n) is 3.09. The van der Waals surface area contributed by atoms with Gasteiger partial charge in [-0.2, -0.15) is 0 Å². The number of rotatable bonds is 2. The Hall–Kier alpha value is -1.84. The molecule has 0 aliphatic heterocycles. The standard InChI is InChI=1S/C11H10FNO2/c1-7-13-6-11(15-7)8-3-4-10(14-2)9(12)5-8/h3-6H,1-2H3. The van der Waals surface area contributed by atoms with E-state index < -0.39 is 5.82 Å². The molecule has 1 aromatic carbocycles. The third kappa shape index (κ3) is 1.83. The van der Waals surface area contributed by atoms with Crippen LogP contribution in [0.15, 0.2) is 28.8 Å². The Balaban J connectivity index is 2.42. The number of benzene rings is 1. The van der Waals surface area contributed by atoms with E-state index in [1.54, 1.807) is 25.3 Å². The molecule has 0 atom stereocenters. The lowest BCUT2D eigenvalue weighted by atomic mass is 10.2. The van der Waals surface area contributed by atoms with E-state index in [0.717, 1.165) is 0 Å². The zero-order chi connectivity index (χ0) is 10.8. The fourth-order valence-corrected chi connectivity index (χ4v) is 1.31. The molecule has 0 aliphatic rings. The lowest BCUT2D eigenvalue weighted by molar-refractivity contribution is 0.386. The molecule has 0 aliphatic carbocycles. The molecule has 4 heteroatoms. The smallest absolute Gasteiger partial charge is 0.191 e. The van der Waals surface area contributed by atoms with Gasteiger partial charge in [0.2, 0.25) is 0 Å². The number of aromatic nitrogens is 1. The van der Waals surface area contributed by atoms with Crippen molar-refractivity contribution in [2.45, 2.75) is 6.92 Å². The normalized spacial score (nSPS) is 10.3. The van der Waals surface area contributed by atoms with E-state index in [1.165, 1.54) is 13.2 Å². The van der Waals surface area contributed by atoms with Crippen LogP contribution in [-0.4, -0.2) is 12.1 Å².